The number of urea groups is 1. The van der Waals surface area contributed by atoms with Crippen LogP contribution < -0.4 is 33.8 Å². The van der Waals surface area contributed by atoms with Crippen molar-refractivity contribution < 1.29 is 31.4 Å². The monoisotopic (exact) mass is 258 g/mol. The van der Waals surface area contributed by atoms with Gasteiger partial charge in [-0.3, -0.25) is 14.9 Å². The van der Waals surface area contributed by atoms with Gasteiger partial charge in [-0.2, -0.15) is 4.57 Å². The van der Waals surface area contributed by atoms with Gasteiger partial charge in [0.2, 0.25) is 6.54 Å². The van der Waals surface area contributed by atoms with Crippen molar-refractivity contribution in [2.45, 2.75) is 6.54 Å². The molecule has 0 aromatic carbocycles. The van der Waals surface area contributed by atoms with E-state index in [4.69, 9.17) is 11.5 Å². The Morgan fingerprint density at radius 2 is 1.94 bits per heavy atom. The van der Waals surface area contributed by atoms with Gasteiger partial charge in [0.15, 0.2) is 12.4 Å². The van der Waals surface area contributed by atoms with Crippen molar-refractivity contribution in [3.8, 4) is 0 Å². The summed E-state index contributed by atoms with van der Waals surface area (Å²) in [7, 11) is 0. The van der Waals surface area contributed by atoms with E-state index in [2.05, 4.69) is 0 Å². The molecule has 0 radical (unpaired) electrons. The number of rotatable bonds is 3. The Morgan fingerprint density at radius 3 is 2.47 bits per heavy atom. The lowest BCUT2D eigenvalue weighted by Crippen LogP contribution is -3.00. The molecule has 7 nitrogen and oxygen atoms in total. The highest BCUT2D eigenvalue weighted by Gasteiger charge is 2.12. The third kappa shape index (κ3) is 4.94. The molecule has 0 saturated carbocycles. The molecule has 5 N–H and O–H groups in total. The first-order chi connectivity index (χ1) is 7.49. The number of primary amides is 2. The highest BCUT2D eigenvalue weighted by Crippen LogP contribution is 1.91. The van der Waals surface area contributed by atoms with Gasteiger partial charge >= 0.3 is 6.03 Å². The summed E-state index contributed by atoms with van der Waals surface area (Å²) in [5.41, 5.74) is 10.1. The Hall–Kier alpha value is -2.15. The van der Waals surface area contributed by atoms with Crippen LogP contribution in [-0.2, 0) is 11.3 Å². The van der Waals surface area contributed by atoms with E-state index in [9.17, 15) is 14.4 Å². The van der Waals surface area contributed by atoms with Gasteiger partial charge in [0.05, 0.1) is 0 Å². The number of nitrogens with one attached hydrogen (secondary N) is 1. The standard InChI is InChI=1S/C9H10N4O3.ClH/c10-8(15)6-2-1-3-13(4-6)5-7(14)12-9(11)16;/h1-4H,5H2,(H4-,10,11,12,14,15,16);1H. The van der Waals surface area contributed by atoms with Crippen LogP contribution in [-0.4, -0.2) is 17.8 Å². The molecule has 1 aromatic heterocycles. The molecular formula is C9H11ClN4O3. The van der Waals surface area contributed by atoms with Crippen LogP contribution in [0.2, 0.25) is 0 Å². The number of hydrogen-bond donors (Lipinski definition) is 3. The van der Waals surface area contributed by atoms with Gasteiger partial charge in [0, 0.05) is 6.07 Å². The Kier molecular flexibility index (Phi) is 5.62. The van der Waals surface area contributed by atoms with Gasteiger partial charge in [-0.15, -0.1) is 0 Å². The van der Waals surface area contributed by atoms with Gasteiger partial charge < -0.3 is 23.9 Å². The van der Waals surface area contributed by atoms with Crippen LogP contribution in [0.15, 0.2) is 24.5 Å². The van der Waals surface area contributed by atoms with E-state index < -0.39 is 17.8 Å². The number of aromatic nitrogens is 1. The largest absolute Gasteiger partial charge is 1.00 e. The molecule has 0 aliphatic rings. The van der Waals surface area contributed by atoms with Crippen molar-refractivity contribution >= 4 is 17.8 Å². The summed E-state index contributed by atoms with van der Waals surface area (Å²) in [6.45, 7) is -0.121. The molecule has 0 fully saturated rings. The molecule has 8 heteroatoms. The van der Waals surface area contributed by atoms with Crippen LogP contribution in [0.1, 0.15) is 10.4 Å². The predicted molar refractivity (Wildman–Crippen MR) is 52.9 cm³/mol. The lowest BCUT2D eigenvalue weighted by molar-refractivity contribution is -0.684. The van der Waals surface area contributed by atoms with Crippen molar-refractivity contribution in [3.63, 3.8) is 0 Å². The van der Waals surface area contributed by atoms with Crippen LogP contribution >= 0.6 is 0 Å². The second kappa shape index (κ2) is 6.44. The Morgan fingerprint density at radius 1 is 1.29 bits per heavy atom. The third-order valence-electron chi connectivity index (χ3n) is 1.73. The zero-order valence-electron chi connectivity index (χ0n) is 8.72. The van der Waals surface area contributed by atoms with Crippen molar-refractivity contribution in [3.05, 3.63) is 30.1 Å². The number of halogens is 1. The number of amides is 4. The molecule has 1 heterocycles. The highest BCUT2D eigenvalue weighted by atomic mass is 35.5. The van der Waals surface area contributed by atoms with E-state index in [1.165, 1.54) is 16.8 Å². The normalized spacial score (nSPS) is 8.94. The minimum Gasteiger partial charge on any atom is -1.00 e. The van der Waals surface area contributed by atoms with E-state index >= 15 is 0 Å². The summed E-state index contributed by atoms with van der Waals surface area (Å²) in [6, 6.07) is 2.17. The average molecular weight is 259 g/mol. The first kappa shape index (κ1) is 14.8. The lowest BCUT2D eigenvalue weighted by atomic mass is 10.3. The quantitative estimate of drug-likeness (QED) is 0.473. The predicted octanol–water partition coefficient (Wildman–Crippen LogP) is -4.73. The fourth-order valence-electron chi connectivity index (χ4n) is 1.11. The molecule has 1 aromatic rings. The second-order valence-corrected chi connectivity index (χ2v) is 3.04. The molecule has 1 rings (SSSR count). The number of nitrogens with zero attached hydrogens (tertiary/aromatic N) is 1. The summed E-state index contributed by atoms with van der Waals surface area (Å²) in [4.78, 5) is 32.4. The molecule has 0 spiro atoms. The van der Waals surface area contributed by atoms with Crippen LogP contribution in [0.3, 0.4) is 0 Å². The van der Waals surface area contributed by atoms with Crippen molar-refractivity contribution in [2.75, 3.05) is 0 Å². The Balaban J connectivity index is 0.00000256. The summed E-state index contributed by atoms with van der Waals surface area (Å²) in [6.07, 6.45) is 2.97. The van der Waals surface area contributed by atoms with E-state index in [1.54, 1.807) is 12.3 Å². The maximum absolute atomic E-state index is 11.2. The topological polar surface area (TPSA) is 119 Å². The third-order valence-corrected chi connectivity index (χ3v) is 1.73. The molecule has 0 aliphatic heterocycles. The second-order valence-electron chi connectivity index (χ2n) is 3.04. The Bertz CT molecular complexity index is 450. The van der Waals surface area contributed by atoms with Crippen LogP contribution in [0.5, 0.6) is 0 Å². The van der Waals surface area contributed by atoms with Gasteiger partial charge in [-0.1, -0.05) is 0 Å². The minimum absolute atomic E-state index is 0. The maximum atomic E-state index is 11.2. The number of carbonyl (C=O) groups is 3. The molecular weight excluding hydrogens is 248 g/mol. The fourth-order valence-corrected chi connectivity index (χ4v) is 1.11. The van der Waals surface area contributed by atoms with Crippen molar-refractivity contribution in [2.24, 2.45) is 11.5 Å². The first-order valence-corrected chi connectivity index (χ1v) is 4.37. The molecule has 4 amide bonds. The van der Waals surface area contributed by atoms with E-state index in [-0.39, 0.29) is 24.5 Å². The smallest absolute Gasteiger partial charge is 0.319 e. The summed E-state index contributed by atoms with van der Waals surface area (Å²) in [5, 5.41) is 1.90. The number of carbonyl (C=O) groups excluding carboxylic acids is 3. The maximum Gasteiger partial charge on any atom is 0.319 e. The number of pyridine rings is 1. The van der Waals surface area contributed by atoms with Gasteiger partial charge in [-0.25, -0.2) is 4.79 Å². The van der Waals surface area contributed by atoms with Gasteiger partial charge in [-0.05, 0) is 6.07 Å². The molecule has 0 saturated heterocycles. The lowest BCUT2D eigenvalue weighted by Gasteiger charge is -1.98. The fraction of sp³-hybridized carbons (Fsp3) is 0.111. The zero-order chi connectivity index (χ0) is 12.1. The highest BCUT2D eigenvalue weighted by molar-refractivity contribution is 5.93. The summed E-state index contributed by atoms with van der Waals surface area (Å²) < 4.78 is 1.42. The average Bonchev–Trinajstić information content (AvgIpc) is 2.16. The molecule has 0 aliphatic carbocycles. The minimum atomic E-state index is -0.920. The molecule has 0 unspecified atom stereocenters. The number of imide groups is 1. The summed E-state index contributed by atoms with van der Waals surface area (Å²) >= 11 is 0. The number of hydrogen-bond acceptors (Lipinski definition) is 3. The molecule has 0 bridgehead atoms. The van der Waals surface area contributed by atoms with Crippen LogP contribution in [0, 0.1) is 0 Å². The first-order valence-electron chi connectivity index (χ1n) is 4.37. The van der Waals surface area contributed by atoms with Gasteiger partial charge in [0.1, 0.15) is 5.56 Å². The Labute approximate surface area is 103 Å². The molecule has 92 valence electrons. The SMILES string of the molecule is NC(=O)NC(=O)C[n+]1cccc(C(N)=O)c1.[Cl-]. The van der Waals surface area contributed by atoms with Crippen LogP contribution in [0.4, 0.5) is 4.79 Å². The van der Waals surface area contributed by atoms with E-state index in [0.29, 0.717) is 0 Å². The van der Waals surface area contributed by atoms with Crippen molar-refractivity contribution in [1.29, 1.82) is 0 Å². The summed E-state index contributed by atoms with van der Waals surface area (Å²) in [5.74, 6) is -1.16. The zero-order valence-corrected chi connectivity index (χ0v) is 9.48. The number of nitrogens with two attached hydrogens (primary N) is 2. The molecule has 0 atom stereocenters. The van der Waals surface area contributed by atoms with E-state index in [0.717, 1.165) is 0 Å². The van der Waals surface area contributed by atoms with Crippen molar-refractivity contribution in [1.82, 2.24) is 5.32 Å². The molecule has 17 heavy (non-hydrogen) atoms. The van der Waals surface area contributed by atoms with E-state index in [1.807, 2.05) is 5.32 Å². The van der Waals surface area contributed by atoms with Gasteiger partial charge in [0.25, 0.3) is 11.8 Å². The van der Waals surface area contributed by atoms with Crippen LogP contribution in [0.25, 0.3) is 0 Å².